The van der Waals surface area contributed by atoms with Crippen LogP contribution in [-0.4, -0.2) is 46.0 Å². The third-order valence-electron chi connectivity index (χ3n) is 5.29. The van der Waals surface area contributed by atoms with Crippen LogP contribution in [0.5, 0.6) is 5.75 Å². The van der Waals surface area contributed by atoms with Crippen molar-refractivity contribution in [2.75, 3.05) is 13.2 Å². The highest BCUT2D eigenvalue weighted by atomic mass is 19.4. The van der Waals surface area contributed by atoms with Crippen LogP contribution in [0.25, 0.3) is 0 Å². The van der Waals surface area contributed by atoms with Crippen LogP contribution in [0.3, 0.4) is 0 Å². The quantitative estimate of drug-likeness (QED) is 0.666. The second-order valence-corrected chi connectivity index (χ2v) is 7.61. The summed E-state index contributed by atoms with van der Waals surface area (Å²) in [5, 5.41) is 2.73. The molecule has 1 atom stereocenters. The minimum absolute atomic E-state index is 0.0911. The van der Waals surface area contributed by atoms with Gasteiger partial charge in [0.15, 0.2) is 0 Å². The van der Waals surface area contributed by atoms with Gasteiger partial charge in [-0.15, -0.1) is 0 Å². The molecule has 3 rings (SSSR count). The fourth-order valence-corrected chi connectivity index (χ4v) is 3.57. The summed E-state index contributed by atoms with van der Waals surface area (Å²) in [6.07, 6.45) is -2.33. The molecular formula is C22H25F3N4O3. The molecule has 1 aliphatic rings. The number of halogens is 3. The molecule has 1 aliphatic heterocycles. The molecule has 0 radical (unpaired) electrons. The van der Waals surface area contributed by atoms with Crippen molar-refractivity contribution in [3.05, 3.63) is 52.6 Å². The van der Waals surface area contributed by atoms with Crippen molar-refractivity contribution in [3.8, 4) is 5.75 Å². The van der Waals surface area contributed by atoms with E-state index in [1.807, 2.05) is 13.8 Å². The SMILES string of the molecule is CCNC(=O)Cc1nccc2c1CN(C(C)c1cc(C)c(OCCC(F)(F)F)cn1)C2=O. The summed E-state index contributed by atoms with van der Waals surface area (Å²) in [5.74, 6) is -0.0718. The third-order valence-corrected chi connectivity index (χ3v) is 5.29. The van der Waals surface area contributed by atoms with Crippen LogP contribution in [0.2, 0.25) is 0 Å². The lowest BCUT2D eigenvalue weighted by Crippen LogP contribution is -2.28. The van der Waals surface area contributed by atoms with Crippen LogP contribution in [0.4, 0.5) is 13.2 Å². The zero-order valence-corrected chi connectivity index (χ0v) is 18.1. The number of nitrogens with one attached hydrogen (secondary N) is 1. The van der Waals surface area contributed by atoms with Gasteiger partial charge in [-0.1, -0.05) is 0 Å². The third kappa shape index (κ3) is 5.35. The molecule has 0 saturated heterocycles. The zero-order chi connectivity index (χ0) is 23.5. The average molecular weight is 450 g/mol. The molecule has 2 amide bonds. The number of ether oxygens (including phenoxy) is 1. The topological polar surface area (TPSA) is 84.4 Å². The minimum Gasteiger partial charge on any atom is -0.491 e. The highest BCUT2D eigenvalue weighted by Gasteiger charge is 2.34. The molecule has 0 fully saturated rings. The first kappa shape index (κ1) is 23.5. The Hall–Kier alpha value is -3.17. The van der Waals surface area contributed by atoms with E-state index in [9.17, 15) is 22.8 Å². The van der Waals surface area contributed by atoms with Crippen molar-refractivity contribution in [1.82, 2.24) is 20.2 Å². The number of nitrogens with zero attached hydrogens (tertiary/aromatic N) is 3. The molecule has 0 aliphatic carbocycles. The van der Waals surface area contributed by atoms with Gasteiger partial charge in [-0.3, -0.25) is 19.6 Å². The normalized spacial score (nSPS) is 14.3. The maximum atomic E-state index is 13.0. The zero-order valence-electron chi connectivity index (χ0n) is 18.1. The van der Waals surface area contributed by atoms with E-state index >= 15 is 0 Å². The first-order chi connectivity index (χ1) is 15.1. The van der Waals surface area contributed by atoms with Gasteiger partial charge in [-0.05, 0) is 38.5 Å². The number of aromatic nitrogens is 2. The Morgan fingerprint density at radius 3 is 2.75 bits per heavy atom. The van der Waals surface area contributed by atoms with Gasteiger partial charge >= 0.3 is 6.18 Å². The van der Waals surface area contributed by atoms with Crippen LogP contribution in [0.15, 0.2) is 24.5 Å². The van der Waals surface area contributed by atoms with Gasteiger partial charge in [-0.2, -0.15) is 13.2 Å². The van der Waals surface area contributed by atoms with E-state index < -0.39 is 25.2 Å². The molecule has 3 heterocycles. The lowest BCUT2D eigenvalue weighted by molar-refractivity contribution is -0.139. The van der Waals surface area contributed by atoms with E-state index in [1.165, 1.54) is 12.4 Å². The van der Waals surface area contributed by atoms with Crippen LogP contribution in [-0.2, 0) is 17.8 Å². The molecule has 0 aromatic carbocycles. The minimum atomic E-state index is -4.29. The van der Waals surface area contributed by atoms with Crippen molar-refractivity contribution >= 4 is 11.8 Å². The predicted molar refractivity (Wildman–Crippen MR) is 110 cm³/mol. The maximum Gasteiger partial charge on any atom is 0.392 e. The van der Waals surface area contributed by atoms with Gasteiger partial charge in [0.25, 0.3) is 5.91 Å². The Balaban J connectivity index is 1.74. The maximum absolute atomic E-state index is 13.0. The molecule has 172 valence electrons. The van der Waals surface area contributed by atoms with E-state index in [0.29, 0.717) is 35.6 Å². The highest BCUT2D eigenvalue weighted by molar-refractivity contribution is 5.99. The van der Waals surface area contributed by atoms with Crippen LogP contribution in [0, 0.1) is 6.92 Å². The number of aryl methyl sites for hydroxylation is 1. The van der Waals surface area contributed by atoms with Crippen molar-refractivity contribution < 1.29 is 27.5 Å². The van der Waals surface area contributed by atoms with Crippen molar-refractivity contribution in [3.63, 3.8) is 0 Å². The first-order valence-corrected chi connectivity index (χ1v) is 10.3. The summed E-state index contributed by atoms with van der Waals surface area (Å²) >= 11 is 0. The van der Waals surface area contributed by atoms with Crippen LogP contribution < -0.4 is 10.1 Å². The molecule has 0 spiro atoms. The predicted octanol–water partition coefficient (Wildman–Crippen LogP) is 3.51. The number of hydrogen-bond donors (Lipinski definition) is 1. The van der Waals surface area contributed by atoms with Gasteiger partial charge in [0.2, 0.25) is 5.91 Å². The Kier molecular flexibility index (Phi) is 7.00. The average Bonchev–Trinajstić information content (AvgIpc) is 3.06. The smallest absolute Gasteiger partial charge is 0.392 e. The Morgan fingerprint density at radius 1 is 1.34 bits per heavy atom. The van der Waals surface area contributed by atoms with E-state index in [2.05, 4.69) is 15.3 Å². The summed E-state index contributed by atoms with van der Waals surface area (Å²) < 4.78 is 42.2. The van der Waals surface area contributed by atoms with Crippen molar-refractivity contribution in [2.24, 2.45) is 0 Å². The fraction of sp³-hybridized carbons (Fsp3) is 0.455. The molecule has 32 heavy (non-hydrogen) atoms. The number of carbonyl (C=O) groups excluding carboxylic acids is 2. The Morgan fingerprint density at radius 2 is 2.09 bits per heavy atom. The number of carbonyl (C=O) groups is 2. The molecule has 7 nitrogen and oxygen atoms in total. The number of amides is 2. The van der Waals surface area contributed by atoms with E-state index in [4.69, 9.17) is 4.74 Å². The Labute approximate surface area is 184 Å². The number of alkyl halides is 3. The van der Waals surface area contributed by atoms with Gasteiger partial charge in [0.1, 0.15) is 5.75 Å². The summed E-state index contributed by atoms with van der Waals surface area (Å²) in [7, 11) is 0. The lowest BCUT2D eigenvalue weighted by atomic mass is 10.1. The molecule has 1 N–H and O–H groups in total. The number of pyridine rings is 2. The fourth-order valence-electron chi connectivity index (χ4n) is 3.57. The van der Waals surface area contributed by atoms with Crippen LogP contribution in [0.1, 0.15) is 59.2 Å². The van der Waals surface area contributed by atoms with E-state index in [1.54, 1.807) is 24.0 Å². The largest absolute Gasteiger partial charge is 0.491 e. The summed E-state index contributed by atoms with van der Waals surface area (Å²) in [5.41, 5.74) is 3.01. The summed E-state index contributed by atoms with van der Waals surface area (Å²) in [4.78, 5) is 35.2. The van der Waals surface area contributed by atoms with E-state index in [-0.39, 0.29) is 24.0 Å². The molecule has 0 bridgehead atoms. The summed E-state index contributed by atoms with van der Waals surface area (Å²) in [6.45, 7) is 5.69. The number of hydrogen-bond acceptors (Lipinski definition) is 5. The van der Waals surface area contributed by atoms with Gasteiger partial charge in [0.05, 0.1) is 43.1 Å². The lowest BCUT2D eigenvalue weighted by Gasteiger charge is -2.24. The van der Waals surface area contributed by atoms with Gasteiger partial charge in [-0.25, -0.2) is 0 Å². The number of rotatable bonds is 8. The second-order valence-electron chi connectivity index (χ2n) is 7.61. The van der Waals surface area contributed by atoms with Crippen molar-refractivity contribution in [1.29, 1.82) is 0 Å². The van der Waals surface area contributed by atoms with Gasteiger partial charge in [0, 0.05) is 30.4 Å². The Bertz CT molecular complexity index is 1010. The molecule has 0 saturated carbocycles. The number of likely N-dealkylation sites (N-methyl/N-ethyl adjacent to an activating group) is 1. The first-order valence-electron chi connectivity index (χ1n) is 10.3. The standard InChI is InChI=1S/C22H25F3N4O3/c1-4-26-20(30)10-18-16-12-29(21(31)15(16)5-7-27-18)14(3)17-9-13(2)19(11-28-17)32-8-6-22(23,24)25/h5,7,9,11,14H,4,6,8,10,12H2,1-3H3,(H,26,30). The van der Waals surface area contributed by atoms with Crippen molar-refractivity contribution in [2.45, 2.75) is 52.4 Å². The molecule has 2 aromatic rings. The molecule has 2 aromatic heterocycles. The second kappa shape index (κ2) is 9.54. The molecule has 10 heteroatoms. The van der Waals surface area contributed by atoms with Crippen LogP contribution >= 0.6 is 0 Å². The molecular weight excluding hydrogens is 425 g/mol. The number of fused-ring (bicyclic) bond motifs is 1. The monoisotopic (exact) mass is 450 g/mol. The van der Waals surface area contributed by atoms with E-state index in [0.717, 1.165) is 5.56 Å². The highest BCUT2D eigenvalue weighted by Crippen LogP contribution is 2.33. The van der Waals surface area contributed by atoms with Gasteiger partial charge < -0.3 is 15.0 Å². The summed E-state index contributed by atoms with van der Waals surface area (Å²) in [6, 6.07) is 2.95. The molecule has 1 unspecified atom stereocenters.